The van der Waals surface area contributed by atoms with Crippen LogP contribution in [0.3, 0.4) is 0 Å². The first-order chi connectivity index (χ1) is 10.4. The Balaban J connectivity index is 1.77. The minimum atomic E-state index is -3.72. The highest BCUT2D eigenvalue weighted by Crippen LogP contribution is 2.21. The monoisotopic (exact) mass is 322 g/mol. The van der Waals surface area contributed by atoms with E-state index < -0.39 is 10.0 Å². The zero-order chi connectivity index (χ0) is 15.7. The van der Waals surface area contributed by atoms with Crippen LogP contribution in [0.2, 0.25) is 0 Å². The summed E-state index contributed by atoms with van der Waals surface area (Å²) in [6.45, 7) is 2.91. The maximum atomic E-state index is 11.2. The molecule has 1 unspecified atom stereocenters. The van der Waals surface area contributed by atoms with Crippen molar-refractivity contribution in [1.82, 2.24) is 19.7 Å². The summed E-state index contributed by atoms with van der Waals surface area (Å²) in [5.41, 5.74) is 0. The number of aryl methyl sites for hydroxylation is 1. The lowest BCUT2D eigenvalue weighted by molar-refractivity contribution is 0.500. The Morgan fingerprint density at radius 2 is 2.14 bits per heavy atom. The van der Waals surface area contributed by atoms with Crippen LogP contribution in [0.1, 0.15) is 37.5 Å². The fraction of sp³-hybridized carbons (Fsp3) is 0.462. The Labute approximate surface area is 128 Å². The molecule has 1 aliphatic heterocycles. The second-order valence-electron chi connectivity index (χ2n) is 5.37. The van der Waals surface area contributed by atoms with E-state index in [-0.39, 0.29) is 10.9 Å². The van der Waals surface area contributed by atoms with Crippen molar-refractivity contribution in [3.05, 3.63) is 30.0 Å². The Bertz CT molecular complexity index is 768. The first kappa shape index (κ1) is 14.9. The molecule has 0 saturated heterocycles. The topological polar surface area (TPSA) is 116 Å². The van der Waals surface area contributed by atoms with Crippen LogP contribution in [0.4, 0.5) is 5.82 Å². The van der Waals surface area contributed by atoms with Gasteiger partial charge < -0.3 is 9.88 Å². The third-order valence-electron chi connectivity index (χ3n) is 3.70. The van der Waals surface area contributed by atoms with Crippen LogP contribution in [-0.4, -0.2) is 28.2 Å². The van der Waals surface area contributed by atoms with E-state index in [0.29, 0.717) is 5.82 Å². The fourth-order valence-electron chi connectivity index (χ4n) is 2.57. The molecule has 0 aliphatic carbocycles. The molecular weight excluding hydrogens is 304 g/mol. The van der Waals surface area contributed by atoms with Gasteiger partial charge in [0, 0.05) is 19.2 Å². The highest BCUT2D eigenvalue weighted by Gasteiger charge is 2.20. The normalized spacial score (nSPS) is 16.1. The van der Waals surface area contributed by atoms with Crippen molar-refractivity contribution in [3.63, 3.8) is 0 Å². The number of nitrogens with one attached hydrogen (secondary N) is 1. The SMILES string of the molecule is CC(Nc1ccc(S(N)(=O)=O)cn1)c1nnc2n1CCCC2. The van der Waals surface area contributed by atoms with E-state index >= 15 is 0 Å². The van der Waals surface area contributed by atoms with Gasteiger partial charge in [-0.3, -0.25) is 0 Å². The Hall–Kier alpha value is -2.00. The fourth-order valence-corrected chi connectivity index (χ4v) is 3.03. The first-order valence-electron chi connectivity index (χ1n) is 7.12. The van der Waals surface area contributed by atoms with Gasteiger partial charge >= 0.3 is 0 Å². The van der Waals surface area contributed by atoms with Crippen molar-refractivity contribution in [2.45, 2.75) is 43.7 Å². The number of nitrogens with zero attached hydrogens (tertiary/aromatic N) is 4. The summed E-state index contributed by atoms with van der Waals surface area (Å²) < 4.78 is 24.6. The van der Waals surface area contributed by atoms with Gasteiger partial charge in [-0.05, 0) is 31.9 Å². The van der Waals surface area contributed by atoms with Gasteiger partial charge in [0.25, 0.3) is 0 Å². The Morgan fingerprint density at radius 1 is 1.32 bits per heavy atom. The molecule has 8 nitrogen and oxygen atoms in total. The molecule has 3 N–H and O–H groups in total. The van der Waals surface area contributed by atoms with Crippen LogP contribution in [0.5, 0.6) is 0 Å². The van der Waals surface area contributed by atoms with Crippen molar-refractivity contribution < 1.29 is 8.42 Å². The second-order valence-corrected chi connectivity index (χ2v) is 6.93. The summed E-state index contributed by atoms with van der Waals surface area (Å²) in [6.07, 6.45) is 4.48. The van der Waals surface area contributed by atoms with Gasteiger partial charge in [0.15, 0.2) is 5.82 Å². The minimum Gasteiger partial charge on any atom is -0.360 e. The van der Waals surface area contributed by atoms with Crippen molar-refractivity contribution in [3.8, 4) is 0 Å². The molecule has 1 aliphatic rings. The number of pyridine rings is 1. The molecule has 0 bridgehead atoms. The Morgan fingerprint density at radius 3 is 2.82 bits per heavy atom. The third kappa shape index (κ3) is 2.95. The molecule has 3 heterocycles. The average molecular weight is 322 g/mol. The molecule has 0 amide bonds. The maximum absolute atomic E-state index is 11.2. The number of hydrogen-bond acceptors (Lipinski definition) is 6. The predicted octanol–water partition coefficient (Wildman–Crippen LogP) is 0.830. The number of nitrogens with two attached hydrogens (primary N) is 1. The third-order valence-corrected chi connectivity index (χ3v) is 4.60. The molecule has 0 saturated carbocycles. The van der Waals surface area contributed by atoms with E-state index in [1.807, 2.05) is 6.92 Å². The molecule has 0 aromatic carbocycles. The second kappa shape index (κ2) is 5.65. The van der Waals surface area contributed by atoms with E-state index in [1.54, 1.807) is 6.07 Å². The highest BCUT2D eigenvalue weighted by molar-refractivity contribution is 7.89. The van der Waals surface area contributed by atoms with Crippen molar-refractivity contribution in [1.29, 1.82) is 0 Å². The number of aromatic nitrogens is 4. The zero-order valence-electron chi connectivity index (χ0n) is 12.2. The molecule has 22 heavy (non-hydrogen) atoms. The van der Waals surface area contributed by atoms with Crippen molar-refractivity contribution in [2.24, 2.45) is 5.14 Å². The van der Waals surface area contributed by atoms with E-state index in [4.69, 9.17) is 5.14 Å². The lowest BCUT2D eigenvalue weighted by Crippen LogP contribution is -2.18. The molecule has 0 radical (unpaired) electrons. The number of hydrogen-bond donors (Lipinski definition) is 2. The van der Waals surface area contributed by atoms with E-state index in [2.05, 4.69) is 25.1 Å². The lowest BCUT2D eigenvalue weighted by atomic mass is 10.1. The molecule has 9 heteroatoms. The lowest BCUT2D eigenvalue weighted by Gasteiger charge is -2.19. The molecule has 2 aromatic rings. The van der Waals surface area contributed by atoms with E-state index in [9.17, 15) is 8.42 Å². The zero-order valence-corrected chi connectivity index (χ0v) is 13.0. The van der Waals surface area contributed by atoms with E-state index in [0.717, 1.165) is 37.5 Å². The van der Waals surface area contributed by atoms with Crippen LogP contribution in [0.25, 0.3) is 0 Å². The maximum Gasteiger partial charge on any atom is 0.239 e. The van der Waals surface area contributed by atoms with Gasteiger partial charge in [-0.15, -0.1) is 10.2 Å². The number of fused-ring (bicyclic) bond motifs is 1. The number of anilines is 1. The predicted molar refractivity (Wildman–Crippen MR) is 80.6 cm³/mol. The van der Waals surface area contributed by atoms with Crippen LogP contribution < -0.4 is 10.5 Å². The molecule has 118 valence electrons. The largest absolute Gasteiger partial charge is 0.360 e. The minimum absolute atomic E-state index is 0.00874. The molecule has 0 fully saturated rings. The quantitative estimate of drug-likeness (QED) is 0.861. The number of rotatable bonds is 4. The highest BCUT2D eigenvalue weighted by atomic mass is 32.2. The van der Waals surface area contributed by atoms with E-state index in [1.165, 1.54) is 12.3 Å². The Kier molecular flexibility index (Phi) is 3.83. The summed E-state index contributed by atoms with van der Waals surface area (Å²) in [4.78, 5) is 4.07. The van der Waals surface area contributed by atoms with Crippen molar-refractivity contribution in [2.75, 3.05) is 5.32 Å². The average Bonchev–Trinajstić information content (AvgIpc) is 2.91. The first-order valence-corrected chi connectivity index (χ1v) is 8.67. The smallest absolute Gasteiger partial charge is 0.239 e. The molecule has 0 spiro atoms. The summed E-state index contributed by atoms with van der Waals surface area (Å²) >= 11 is 0. The van der Waals surface area contributed by atoms with Gasteiger partial charge in [-0.1, -0.05) is 0 Å². The van der Waals surface area contributed by atoms with Crippen LogP contribution in [0.15, 0.2) is 23.2 Å². The summed E-state index contributed by atoms with van der Waals surface area (Å²) in [5, 5.41) is 16.7. The van der Waals surface area contributed by atoms with Crippen LogP contribution in [-0.2, 0) is 23.0 Å². The number of primary sulfonamides is 1. The number of sulfonamides is 1. The van der Waals surface area contributed by atoms with Gasteiger partial charge in [-0.2, -0.15) is 0 Å². The molecule has 3 rings (SSSR count). The van der Waals surface area contributed by atoms with Gasteiger partial charge in [0.05, 0.1) is 6.04 Å². The van der Waals surface area contributed by atoms with Crippen molar-refractivity contribution >= 4 is 15.8 Å². The summed E-state index contributed by atoms with van der Waals surface area (Å²) in [6, 6.07) is 2.94. The molecule has 1 atom stereocenters. The standard InChI is InChI=1S/C13H18N6O2S/c1-9(13-18-17-12-4-2-3-7-19(12)13)16-11-6-5-10(8-15-11)22(14,20)21/h5-6,8-9H,2-4,7H2,1H3,(H,15,16)(H2,14,20,21). The van der Waals surface area contributed by atoms with Crippen LogP contribution in [0, 0.1) is 0 Å². The molecular formula is C13H18N6O2S. The van der Waals surface area contributed by atoms with Gasteiger partial charge in [0.1, 0.15) is 16.5 Å². The summed E-state index contributed by atoms with van der Waals surface area (Å²) in [7, 11) is -3.72. The van der Waals surface area contributed by atoms with Gasteiger partial charge in [0.2, 0.25) is 10.0 Å². The summed E-state index contributed by atoms with van der Waals surface area (Å²) in [5.74, 6) is 2.45. The molecule has 2 aromatic heterocycles. The van der Waals surface area contributed by atoms with Gasteiger partial charge in [-0.25, -0.2) is 18.5 Å². The van der Waals surface area contributed by atoms with Crippen LogP contribution >= 0.6 is 0 Å².